The minimum absolute atomic E-state index is 0.180. The Hall–Kier alpha value is -0.860. The lowest BCUT2D eigenvalue weighted by Crippen LogP contribution is -2.38. The molecule has 0 bridgehead atoms. The van der Waals surface area contributed by atoms with Crippen LogP contribution in [0.15, 0.2) is 0 Å². The molecule has 2 aliphatic rings. The van der Waals surface area contributed by atoms with Crippen molar-refractivity contribution in [1.29, 1.82) is 0 Å². The number of carbonyl (C=O) groups is 2. The average Bonchev–Trinajstić information content (AvgIpc) is 3.25. The Morgan fingerprint density at radius 3 is 2.30 bits per heavy atom. The lowest BCUT2D eigenvalue weighted by atomic mass is 9.81. The van der Waals surface area contributed by atoms with Gasteiger partial charge in [0.15, 0.2) is 0 Å². The van der Waals surface area contributed by atoms with Crippen LogP contribution in [-0.2, 0) is 9.59 Å². The van der Waals surface area contributed by atoms with Gasteiger partial charge in [-0.2, -0.15) is 0 Å². The summed E-state index contributed by atoms with van der Waals surface area (Å²) in [6.07, 6.45) is 7.92. The maximum absolute atomic E-state index is 12.5. The Morgan fingerprint density at radius 2 is 1.80 bits per heavy atom. The standard InChI is InChI=1S/C17H29NO2/c1-4-11-18(14-8-9-14)16(20)12-17(2,3)15(19)10-7-13-5-6-13/h13-14H,4-12H2,1-3H3. The second-order valence-electron chi connectivity index (χ2n) is 7.28. The molecule has 0 aliphatic heterocycles. The van der Waals surface area contributed by atoms with E-state index in [0.717, 1.165) is 38.1 Å². The number of ketones is 1. The van der Waals surface area contributed by atoms with Crippen molar-refractivity contribution in [3.05, 3.63) is 0 Å². The highest BCUT2D eigenvalue weighted by Gasteiger charge is 2.37. The lowest BCUT2D eigenvalue weighted by Gasteiger charge is -2.28. The van der Waals surface area contributed by atoms with Crippen LogP contribution in [0.1, 0.15) is 72.1 Å². The van der Waals surface area contributed by atoms with Crippen LogP contribution in [0.4, 0.5) is 0 Å². The second-order valence-corrected chi connectivity index (χ2v) is 7.28. The molecular weight excluding hydrogens is 250 g/mol. The molecule has 0 aromatic heterocycles. The summed E-state index contributed by atoms with van der Waals surface area (Å²) < 4.78 is 0. The summed E-state index contributed by atoms with van der Waals surface area (Å²) in [5.74, 6) is 1.23. The summed E-state index contributed by atoms with van der Waals surface area (Å²) in [6.45, 7) is 6.83. The molecule has 3 heteroatoms. The van der Waals surface area contributed by atoms with Gasteiger partial charge in [-0.15, -0.1) is 0 Å². The van der Waals surface area contributed by atoms with Gasteiger partial charge in [-0.25, -0.2) is 0 Å². The first-order valence-electron chi connectivity index (χ1n) is 8.27. The normalized spacial score (nSPS) is 18.9. The number of hydrogen-bond acceptors (Lipinski definition) is 2. The van der Waals surface area contributed by atoms with Crippen LogP contribution in [0.3, 0.4) is 0 Å². The molecule has 2 rings (SSSR count). The van der Waals surface area contributed by atoms with E-state index in [0.29, 0.717) is 18.9 Å². The van der Waals surface area contributed by atoms with Gasteiger partial charge in [0.1, 0.15) is 5.78 Å². The number of amides is 1. The predicted molar refractivity (Wildman–Crippen MR) is 80.4 cm³/mol. The van der Waals surface area contributed by atoms with Crippen LogP contribution < -0.4 is 0 Å². The predicted octanol–water partition coefficient (Wildman–Crippen LogP) is 3.56. The monoisotopic (exact) mass is 279 g/mol. The van der Waals surface area contributed by atoms with Crippen molar-refractivity contribution in [3.63, 3.8) is 0 Å². The maximum Gasteiger partial charge on any atom is 0.223 e. The topological polar surface area (TPSA) is 37.4 Å². The quantitative estimate of drug-likeness (QED) is 0.647. The van der Waals surface area contributed by atoms with Crippen LogP contribution in [0.5, 0.6) is 0 Å². The third kappa shape index (κ3) is 4.32. The SMILES string of the molecule is CCCN(C(=O)CC(C)(C)C(=O)CCC1CC1)C1CC1. The molecule has 0 N–H and O–H groups in total. The van der Waals surface area contributed by atoms with E-state index in [2.05, 4.69) is 6.92 Å². The summed E-state index contributed by atoms with van der Waals surface area (Å²) in [5, 5.41) is 0. The molecule has 0 unspecified atom stereocenters. The number of nitrogens with zero attached hydrogens (tertiary/aromatic N) is 1. The number of hydrogen-bond donors (Lipinski definition) is 0. The van der Waals surface area contributed by atoms with Gasteiger partial charge in [0.05, 0.1) is 0 Å². The zero-order valence-corrected chi connectivity index (χ0v) is 13.3. The lowest BCUT2D eigenvalue weighted by molar-refractivity contribution is -0.139. The van der Waals surface area contributed by atoms with E-state index < -0.39 is 5.41 Å². The minimum atomic E-state index is -0.493. The molecule has 0 atom stereocenters. The van der Waals surface area contributed by atoms with Crippen molar-refractivity contribution < 1.29 is 9.59 Å². The highest BCUT2D eigenvalue weighted by Crippen LogP contribution is 2.36. The van der Waals surface area contributed by atoms with Crippen molar-refractivity contribution in [2.75, 3.05) is 6.54 Å². The molecule has 2 fully saturated rings. The zero-order valence-electron chi connectivity index (χ0n) is 13.3. The van der Waals surface area contributed by atoms with Crippen LogP contribution in [0.2, 0.25) is 0 Å². The third-order valence-corrected chi connectivity index (χ3v) is 4.60. The molecule has 1 amide bonds. The van der Waals surface area contributed by atoms with Crippen LogP contribution in [-0.4, -0.2) is 29.2 Å². The Morgan fingerprint density at radius 1 is 1.15 bits per heavy atom. The first kappa shape index (κ1) is 15.5. The van der Waals surface area contributed by atoms with E-state index >= 15 is 0 Å². The molecule has 0 radical (unpaired) electrons. The Bertz CT molecular complexity index is 367. The first-order chi connectivity index (χ1) is 9.44. The van der Waals surface area contributed by atoms with Crippen molar-refractivity contribution >= 4 is 11.7 Å². The van der Waals surface area contributed by atoms with Gasteiger partial charge < -0.3 is 4.90 Å². The van der Waals surface area contributed by atoms with Gasteiger partial charge in [0, 0.05) is 30.8 Å². The summed E-state index contributed by atoms with van der Waals surface area (Å²) >= 11 is 0. The van der Waals surface area contributed by atoms with Crippen LogP contribution in [0, 0.1) is 11.3 Å². The fraction of sp³-hybridized carbons (Fsp3) is 0.882. The molecular formula is C17H29NO2. The van der Waals surface area contributed by atoms with Crippen molar-refractivity contribution in [1.82, 2.24) is 4.90 Å². The molecule has 3 nitrogen and oxygen atoms in total. The van der Waals surface area contributed by atoms with Crippen molar-refractivity contribution in [2.24, 2.45) is 11.3 Å². The minimum Gasteiger partial charge on any atom is -0.340 e. The molecule has 2 saturated carbocycles. The Balaban J connectivity index is 1.84. The molecule has 2 aliphatic carbocycles. The second kappa shape index (κ2) is 6.28. The fourth-order valence-electron chi connectivity index (χ4n) is 2.80. The molecule has 0 aromatic carbocycles. The van der Waals surface area contributed by atoms with Gasteiger partial charge in [-0.05, 0) is 31.6 Å². The molecule has 114 valence electrons. The third-order valence-electron chi connectivity index (χ3n) is 4.60. The average molecular weight is 279 g/mol. The van der Waals surface area contributed by atoms with E-state index in [-0.39, 0.29) is 11.7 Å². The van der Waals surface area contributed by atoms with Crippen molar-refractivity contribution in [3.8, 4) is 0 Å². The number of carbonyl (C=O) groups excluding carboxylic acids is 2. The van der Waals surface area contributed by atoms with Gasteiger partial charge in [-0.1, -0.05) is 33.6 Å². The number of Topliss-reactive ketones (excluding diaryl/α,β-unsaturated/α-hetero) is 1. The molecule has 0 heterocycles. The fourth-order valence-corrected chi connectivity index (χ4v) is 2.80. The largest absolute Gasteiger partial charge is 0.340 e. The van der Waals surface area contributed by atoms with Gasteiger partial charge in [0.2, 0.25) is 5.91 Å². The van der Waals surface area contributed by atoms with Gasteiger partial charge in [-0.3, -0.25) is 9.59 Å². The highest BCUT2D eigenvalue weighted by atomic mass is 16.2. The maximum atomic E-state index is 12.5. The Labute approximate surface area is 123 Å². The zero-order chi connectivity index (χ0) is 14.8. The van der Waals surface area contributed by atoms with Gasteiger partial charge in [0.25, 0.3) is 0 Å². The first-order valence-corrected chi connectivity index (χ1v) is 8.27. The van der Waals surface area contributed by atoms with Crippen LogP contribution in [0.25, 0.3) is 0 Å². The van der Waals surface area contributed by atoms with Crippen LogP contribution >= 0.6 is 0 Å². The molecule has 0 spiro atoms. The summed E-state index contributed by atoms with van der Waals surface area (Å²) in [4.78, 5) is 26.8. The summed E-state index contributed by atoms with van der Waals surface area (Å²) in [5.41, 5.74) is -0.493. The van der Waals surface area contributed by atoms with E-state index in [1.165, 1.54) is 12.8 Å². The van der Waals surface area contributed by atoms with E-state index in [1.54, 1.807) is 0 Å². The summed E-state index contributed by atoms with van der Waals surface area (Å²) in [7, 11) is 0. The molecule has 0 saturated heterocycles. The van der Waals surface area contributed by atoms with Gasteiger partial charge >= 0.3 is 0 Å². The Kier molecular flexibility index (Phi) is 4.87. The number of rotatable bonds is 9. The molecule has 20 heavy (non-hydrogen) atoms. The van der Waals surface area contributed by atoms with E-state index in [4.69, 9.17) is 0 Å². The van der Waals surface area contributed by atoms with Crippen molar-refractivity contribution in [2.45, 2.75) is 78.2 Å². The van der Waals surface area contributed by atoms with E-state index in [9.17, 15) is 9.59 Å². The van der Waals surface area contributed by atoms with E-state index in [1.807, 2.05) is 18.7 Å². The summed E-state index contributed by atoms with van der Waals surface area (Å²) in [6, 6.07) is 0.458. The molecule has 0 aromatic rings. The highest BCUT2D eigenvalue weighted by molar-refractivity contribution is 5.89. The smallest absolute Gasteiger partial charge is 0.223 e.